The van der Waals surface area contributed by atoms with Crippen molar-refractivity contribution in [3.63, 3.8) is 0 Å². The minimum Gasteiger partial charge on any atom is -0.504 e. The number of aromatic amines is 1. The van der Waals surface area contributed by atoms with Crippen molar-refractivity contribution in [1.82, 2.24) is 9.97 Å². The van der Waals surface area contributed by atoms with Gasteiger partial charge in [0.2, 0.25) is 0 Å². The van der Waals surface area contributed by atoms with E-state index in [9.17, 15) is 19.8 Å². The van der Waals surface area contributed by atoms with E-state index < -0.39 is 0 Å². The van der Waals surface area contributed by atoms with Gasteiger partial charge in [-0.05, 0) is 59.7 Å². The van der Waals surface area contributed by atoms with Crippen LogP contribution in [0.15, 0.2) is 72.8 Å². The first-order valence-electron chi connectivity index (χ1n) is 11.1. The molecular weight excluding hydrogens is 474 g/mol. The number of anilines is 1. The molecule has 1 heterocycles. The number of carbonyl (C=O) groups is 2. The van der Waals surface area contributed by atoms with Crippen molar-refractivity contribution in [1.29, 1.82) is 0 Å². The highest BCUT2D eigenvalue weighted by molar-refractivity contribution is 6.10. The molecule has 37 heavy (non-hydrogen) atoms. The Labute approximate surface area is 213 Å². The molecule has 0 aliphatic rings. The largest absolute Gasteiger partial charge is 0.504 e. The number of hydrogen-bond acceptors (Lipinski definition) is 8. The first-order valence-corrected chi connectivity index (χ1v) is 11.1. The summed E-state index contributed by atoms with van der Waals surface area (Å²) in [5.74, 6) is 0.390. The molecule has 190 valence electrons. The summed E-state index contributed by atoms with van der Waals surface area (Å²) in [7, 11) is 2.87. The Kier molecular flexibility index (Phi) is 9.04. The number of ether oxygens (including phenoxy) is 2. The van der Waals surface area contributed by atoms with E-state index in [1.165, 1.54) is 38.5 Å². The lowest BCUT2D eigenvalue weighted by molar-refractivity contribution is -0.121. The van der Waals surface area contributed by atoms with Crippen molar-refractivity contribution in [2.75, 3.05) is 20.0 Å². The van der Waals surface area contributed by atoms with Crippen molar-refractivity contribution in [2.45, 2.75) is 6.42 Å². The lowest BCUT2D eigenvalue weighted by atomic mass is 10.1. The number of nitrogens with two attached hydrogens (primary N) is 1. The zero-order chi connectivity index (χ0) is 26.8. The number of nitrogens with zero attached hydrogens (tertiary/aromatic N) is 1. The number of allylic oxidation sites excluding steroid dienone is 2. The van der Waals surface area contributed by atoms with Gasteiger partial charge in [0.05, 0.1) is 31.7 Å². The molecule has 0 aliphatic carbocycles. The Morgan fingerprint density at radius 3 is 1.86 bits per heavy atom. The van der Waals surface area contributed by atoms with E-state index in [2.05, 4.69) is 9.97 Å². The summed E-state index contributed by atoms with van der Waals surface area (Å²) in [5.41, 5.74) is 8.65. The number of aromatic hydroxyl groups is 2. The Balaban J connectivity index is 0.000000313. The van der Waals surface area contributed by atoms with Crippen LogP contribution in [0.2, 0.25) is 0 Å². The molecular formula is C28H27N3O6. The average Bonchev–Trinajstić information content (AvgIpc) is 3.28. The Hall–Kier alpha value is -5.05. The standard InChI is InChI=1S/C21H20O6.C7H7N3/c1-26-20-11-14(5-9-18(20)24)3-7-16(22)13-17(23)8-4-15-6-10-19(25)21(12-15)27-2;8-7-9-5-3-1-2-4-6(5)10-7/h3-12,24-25H,13H2,1-2H3;1-4H,(H3,8,9,10)/b7-3+,8-4+;. The van der Waals surface area contributed by atoms with Gasteiger partial charge >= 0.3 is 0 Å². The number of phenolic OH excluding ortho intramolecular Hbond substituents is 2. The van der Waals surface area contributed by atoms with E-state index in [0.717, 1.165) is 11.0 Å². The maximum Gasteiger partial charge on any atom is 0.198 e. The summed E-state index contributed by atoms with van der Waals surface area (Å²) in [5, 5.41) is 19.1. The summed E-state index contributed by atoms with van der Waals surface area (Å²) < 4.78 is 10.00. The number of aromatic nitrogens is 2. The Morgan fingerprint density at radius 1 is 0.865 bits per heavy atom. The van der Waals surface area contributed by atoms with E-state index >= 15 is 0 Å². The fourth-order valence-electron chi connectivity index (χ4n) is 3.24. The lowest BCUT2D eigenvalue weighted by Gasteiger charge is -2.03. The number of fused-ring (bicyclic) bond motifs is 1. The first kappa shape index (κ1) is 26.6. The molecule has 0 saturated heterocycles. The van der Waals surface area contributed by atoms with Crippen LogP contribution in [0.25, 0.3) is 23.2 Å². The zero-order valence-electron chi connectivity index (χ0n) is 20.3. The number of carbonyl (C=O) groups excluding carboxylic acids is 2. The van der Waals surface area contributed by atoms with E-state index in [-0.39, 0.29) is 29.5 Å². The molecule has 0 atom stereocenters. The van der Waals surface area contributed by atoms with E-state index in [0.29, 0.717) is 28.6 Å². The van der Waals surface area contributed by atoms with Crippen LogP contribution in [0, 0.1) is 0 Å². The summed E-state index contributed by atoms with van der Waals surface area (Å²) in [6.45, 7) is 0. The molecule has 0 radical (unpaired) electrons. The second-order valence-electron chi connectivity index (χ2n) is 7.78. The van der Waals surface area contributed by atoms with Gasteiger partial charge < -0.3 is 30.4 Å². The molecule has 0 unspecified atom stereocenters. The minimum atomic E-state index is -0.347. The van der Waals surface area contributed by atoms with Crippen molar-refractivity contribution in [2.24, 2.45) is 0 Å². The topological polar surface area (TPSA) is 148 Å². The normalized spacial score (nSPS) is 10.9. The zero-order valence-corrected chi connectivity index (χ0v) is 20.3. The molecule has 0 amide bonds. The Bertz CT molecular complexity index is 1350. The highest BCUT2D eigenvalue weighted by Gasteiger charge is 2.06. The van der Waals surface area contributed by atoms with E-state index in [1.807, 2.05) is 24.3 Å². The van der Waals surface area contributed by atoms with Gasteiger partial charge in [-0.2, -0.15) is 0 Å². The van der Waals surface area contributed by atoms with Gasteiger partial charge in [0.1, 0.15) is 0 Å². The number of imidazole rings is 1. The smallest absolute Gasteiger partial charge is 0.198 e. The first-order chi connectivity index (χ1) is 17.8. The van der Waals surface area contributed by atoms with E-state index in [1.54, 1.807) is 36.4 Å². The molecule has 0 aliphatic heterocycles. The molecule has 0 bridgehead atoms. The second-order valence-corrected chi connectivity index (χ2v) is 7.78. The fraction of sp³-hybridized carbons (Fsp3) is 0.107. The molecule has 0 fully saturated rings. The van der Waals surface area contributed by atoms with Crippen molar-refractivity contribution in [3.05, 3.63) is 83.9 Å². The Morgan fingerprint density at radius 2 is 1.38 bits per heavy atom. The number of para-hydroxylation sites is 2. The number of rotatable bonds is 8. The molecule has 0 spiro atoms. The highest BCUT2D eigenvalue weighted by atomic mass is 16.5. The van der Waals surface area contributed by atoms with Crippen molar-refractivity contribution < 1.29 is 29.3 Å². The van der Waals surface area contributed by atoms with Crippen LogP contribution in [-0.2, 0) is 9.59 Å². The van der Waals surface area contributed by atoms with Crippen molar-refractivity contribution in [3.8, 4) is 23.0 Å². The maximum absolute atomic E-state index is 11.9. The van der Waals surface area contributed by atoms with Gasteiger partial charge in [-0.25, -0.2) is 4.98 Å². The van der Waals surface area contributed by atoms with Gasteiger partial charge in [0, 0.05) is 0 Å². The van der Waals surface area contributed by atoms with Crippen LogP contribution in [-0.4, -0.2) is 46.0 Å². The number of benzene rings is 3. The molecule has 9 heteroatoms. The molecule has 9 nitrogen and oxygen atoms in total. The SMILES string of the molecule is COc1cc(/C=C/C(=O)CC(=O)/C=C/c2ccc(O)c(OC)c2)ccc1O.Nc1nc2ccccc2[nH]1. The van der Waals surface area contributed by atoms with Gasteiger partial charge in [-0.3, -0.25) is 9.59 Å². The lowest BCUT2D eigenvalue weighted by Crippen LogP contribution is -2.01. The summed E-state index contributed by atoms with van der Waals surface area (Å²) >= 11 is 0. The second kappa shape index (κ2) is 12.6. The third kappa shape index (κ3) is 7.72. The molecule has 4 rings (SSSR count). The summed E-state index contributed by atoms with van der Waals surface area (Å²) in [6, 6.07) is 17.1. The maximum atomic E-state index is 11.9. The fourth-order valence-corrected chi connectivity index (χ4v) is 3.24. The number of nitrogen functional groups attached to an aromatic ring is 1. The monoisotopic (exact) mass is 501 g/mol. The number of hydrogen-bond donors (Lipinski definition) is 4. The third-order valence-electron chi connectivity index (χ3n) is 5.09. The van der Waals surface area contributed by atoms with Gasteiger partial charge in [0.15, 0.2) is 40.5 Å². The van der Waals surface area contributed by atoms with Crippen LogP contribution < -0.4 is 15.2 Å². The average molecular weight is 502 g/mol. The summed E-state index contributed by atoms with van der Waals surface area (Å²) in [6.07, 6.45) is 5.44. The predicted octanol–water partition coefficient (Wildman–Crippen LogP) is 4.52. The molecule has 4 aromatic rings. The van der Waals surface area contributed by atoms with Crippen LogP contribution in [0.5, 0.6) is 23.0 Å². The number of nitrogens with one attached hydrogen (secondary N) is 1. The van der Waals surface area contributed by atoms with Gasteiger partial charge in [0.25, 0.3) is 0 Å². The third-order valence-corrected chi connectivity index (χ3v) is 5.09. The van der Waals surface area contributed by atoms with E-state index in [4.69, 9.17) is 15.2 Å². The van der Waals surface area contributed by atoms with Crippen LogP contribution in [0.3, 0.4) is 0 Å². The number of methoxy groups -OCH3 is 2. The molecule has 3 aromatic carbocycles. The van der Waals surface area contributed by atoms with Crippen LogP contribution >= 0.6 is 0 Å². The molecule has 1 aromatic heterocycles. The van der Waals surface area contributed by atoms with Gasteiger partial charge in [-0.15, -0.1) is 0 Å². The predicted molar refractivity (Wildman–Crippen MR) is 143 cm³/mol. The minimum absolute atomic E-state index is 0.00662. The molecule has 0 saturated carbocycles. The van der Waals surface area contributed by atoms with Crippen LogP contribution in [0.4, 0.5) is 5.95 Å². The quantitative estimate of drug-likeness (QED) is 0.204. The number of phenols is 2. The van der Waals surface area contributed by atoms with Crippen molar-refractivity contribution >= 4 is 40.7 Å². The number of H-pyrrole nitrogens is 1. The van der Waals surface area contributed by atoms with Crippen LogP contribution in [0.1, 0.15) is 17.5 Å². The summed E-state index contributed by atoms with van der Waals surface area (Å²) in [4.78, 5) is 30.8. The van der Waals surface area contributed by atoms with Gasteiger partial charge in [-0.1, -0.05) is 36.4 Å². The number of ketones is 2. The molecule has 5 N–H and O–H groups in total. The highest BCUT2D eigenvalue weighted by Crippen LogP contribution is 2.27.